The van der Waals surface area contributed by atoms with Gasteiger partial charge in [-0.2, -0.15) is 13.2 Å². The van der Waals surface area contributed by atoms with Gasteiger partial charge >= 0.3 is 6.18 Å². The molecule has 0 aliphatic carbocycles. The predicted octanol–water partition coefficient (Wildman–Crippen LogP) is 3.19. The van der Waals surface area contributed by atoms with Crippen LogP contribution in [-0.4, -0.2) is 33.5 Å². The Hall–Kier alpha value is -0.980. The Morgan fingerprint density at radius 2 is 2.05 bits per heavy atom. The van der Waals surface area contributed by atoms with Gasteiger partial charge in [0.2, 0.25) is 0 Å². The van der Waals surface area contributed by atoms with Crippen LogP contribution in [0.1, 0.15) is 11.6 Å². The third-order valence-corrected chi connectivity index (χ3v) is 2.77. The Bertz CT molecular complexity index is 412. The van der Waals surface area contributed by atoms with Gasteiger partial charge in [0, 0.05) is 0 Å². The molecule has 0 amide bonds. The molecule has 7 heteroatoms. The van der Waals surface area contributed by atoms with E-state index < -0.39 is 12.8 Å². The zero-order chi connectivity index (χ0) is 14.5. The molecule has 19 heavy (non-hydrogen) atoms. The molecule has 0 radical (unpaired) electrons. The van der Waals surface area contributed by atoms with Gasteiger partial charge in [0.15, 0.2) is 0 Å². The molecule has 108 valence electrons. The summed E-state index contributed by atoms with van der Waals surface area (Å²) >= 11 is 5.96. The molecule has 0 saturated carbocycles. The number of alkyl halides is 3. The molecule has 0 aliphatic heterocycles. The van der Waals surface area contributed by atoms with Crippen LogP contribution in [0.25, 0.3) is 0 Å². The minimum absolute atomic E-state index is 0.0985. The predicted molar refractivity (Wildman–Crippen MR) is 66.7 cm³/mol. The van der Waals surface area contributed by atoms with E-state index in [9.17, 15) is 13.2 Å². The van der Waals surface area contributed by atoms with E-state index in [2.05, 4.69) is 10.1 Å². The number of nitrogens with one attached hydrogen (secondary N) is 1. The molecule has 0 saturated heterocycles. The van der Waals surface area contributed by atoms with Crippen molar-refractivity contribution in [1.29, 1.82) is 0 Å². The first-order valence-corrected chi connectivity index (χ1v) is 5.90. The molecule has 1 atom stereocenters. The minimum Gasteiger partial charge on any atom is -0.495 e. The molecule has 1 rings (SSSR count). The van der Waals surface area contributed by atoms with Crippen molar-refractivity contribution >= 4 is 11.6 Å². The molecule has 0 heterocycles. The number of benzene rings is 1. The van der Waals surface area contributed by atoms with E-state index >= 15 is 0 Å². The molecule has 1 aromatic rings. The second kappa shape index (κ2) is 6.98. The van der Waals surface area contributed by atoms with Crippen LogP contribution in [0.4, 0.5) is 13.2 Å². The third-order valence-electron chi connectivity index (χ3n) is 2.48. The largest absolute Gasteiger partial charge is 0.495 e. The highest BCUT2D eigenvalue weighted by Gasteiger charge is 2.28. The molecule has 1 aromatic carbocycles. The summed E-state index contributed by atoms with van der Waals surface area (Å²) in [7, 11) is 3.13. The number of likely N-dealkylation sites (N-methyl/N-ethyl adjacent to an activating group) is 1. The van der Waals surface area contributed by atoms with E-state index in [-0.39, 0.29) is 12.6 Å². The van der Waals surface area contributed by atoms with Crippen LogP contribution >= 0.6 is 11.6 Å². The highest BCUT2D eigenvalue weighted by molar-refractivity contribution is 6.32. The van der Waals surface area contributed by atoms with Gasteiger partial charge in [-0.05, 0) is 24.7 Å². The van der Waals surface area contributed by atoms with Crippen molar-refractivity contribution < 1.29 is 22.6 Å². The van der Waals surface area contributed by atoms with Gasteiger partial charge in [-0.15, -0.1) is 0 Å². The molecule has 0 spiro atoms. The minimum atomic E-state index is -4.32. The zero-order valence-corrected chi connectivity index (χ0v) is 11.3. The van der Waals surface area contributed by atoms with Crippen molar-refractivity contribution in [3.8, 4) is 5.75 Å². The van der Waals surface area contributed by atoms with Crippen molar-refractivity contribution in [3.63, 3.8) is 0 Å². The lowest BCUT2D eigenvalue weighted by atomic mass is 10.1. The maximum Gasteiger partial charge on any atom is 0.411 e. The van der Waals surface area contributed by atoms with Gasteiger partial charge in [0.05, 0.1) is 24.8 Å². The van der Waals surface area contributed by atoms with Gasteiger partial charge in [-0.25, -0.2) is 0 Å². The van der Waals surface area contributed by atoms with Crippen molar-refractivity contribution in [2.45, 2.75) is 12.2 Å². The monoisotopic (exact) mass is 297 g/mol. The number of hydrogen-bond donors (Lipinski definition) is 1. The maximum atomic E-state index is 12.0. The van der Waals surface area contributed by atoms with Crippen LogP contribution in [0.3, 0.4) is 0 Å². The summed E-state index contributed by atoms with van der Waals surface area (Å²) in [5.74, 6) is 0.511. The van der Waals surface area contributed by atoms with Crippen LogP contribution < -0.4 is 10.1 Å². The van der Waals surface area contributed by atoms with Crippen LogP contribution in [-0.2, 0) is 4.74 Å². The second-order valence-electron chi connectivity index (χ2n) is 3.87. The fourth-order valence-electron chi connectivity index (χ4n) is 1.54. The Morgan fingerprint density at radius 3 is 2.53 bits per heavy atom. The second-order valence-corrected chi connectivity index (χ2v) is 4.27. The Balaban J connectivity index is 2.67. The summed E-state index contributed by atoms with van der Waals surface area (Å²) in [6, 6.07) is 4.65. The lowest BCUT2D eigenvalue weighted by Crippen LogP contribution is -2.25. The fourth-order valence-corrected chi connectivity index (χ4v) is 1.80. The summed E-state index contributed by atoms with van der Waals surface area (Å²) in [5, 5.41) is 3.28. The Labute approximate surface area is 114 Å². The van der Waals surface area contributed by atoms with Crippen molar-refractivity contribution in [1.82, 2.24) is 5.32 Å². The van der Waals surface area contributed by atoms with Gasteiger partial charge in [-0.3, -0.25) is 0 Å². The topological polar surface area (TPSA) is 30.5 Å². The summed E-state index contributed by atoms with van der Waals surface area (Å²) in [5.41, 5.74) is 0.732. The molecule has 1 unspecified atom stereocenters. The summed E-state index contributed by atoms with van der Waals surface area (Å²) in [6.45, 7) is -1.37. The number of rotatable bonds is 6. The summed E-state index contributed by atoms with van der Waals surface area (Å²) in [4.78, 5) is 0. The van der Waals surface area contributed by atoms with Crippen LogP contribution in [0.5, 0.6) is 5.75 Å². The van der Waals surface area contributed by atoms with Gasteiger partial charge in [-0.1, -0.05) is 17.7 Å². The average molecular weight is 298 g/mol. The molecule has 3 nitrogen and oxygen atoms in total. The first kappa shape index (κ1) is 16.1. The molecule has 0 aliphatic rings. The Kier molecular flexibility index (Phi) is 5.90. The normalized spacial score (nSPS) is 13.4. The van der Waals surface area contributed by atoms with Crippen molar-refractivity contribution in [3.05, 3.63) is 28.8 Å². The van der Waals surface area contributed by atoms with Crippen LogP contribution in [0.15, 0.2) is 18.2 Å². The molecular weight excluding hydrogens is 283 g/mol. The first-order valence-electron chi connectivity index (χ1n) is 5.52. The van der Waals surface area contributed by atoms with Crippen molar-refractivity contribution in [2.24, 2.45) is 0 Å². The number of hydrogen-bond acceptors (Lipinski definition) is 3. The number of halogens is 4. The van der Waals surface area contributed by atoms with E-state index in [1.165, 1.54) is 7.11 Å². The SMILES string of the molecule is CNC(COCC(F)(F)F)c1ccc(OC)c(Cl)c1. The third kappa shape index (κ3) is 5.26. The van der Waals surface area contributed by atoms with Gasteiger partial charge in [0.25, 0.3) is 0 Å². The molecule has 0 fully saturated rings. The molecule has 0 bridgehead atoms. The van der Waals surface area contributed by atoms with Gasteiger partial charge in [0.1, 0.15) is 12.4 Å². The zero-order valence-electron chi connectivity index (χ0n) is 10.6. The van der Waals surface area contributed by atoms with E-state index in [0.29, 0.717) is 10.8 Å². The highest BCUT2D eigenvalue weighted by atomic mass is 35.5. The average Bonchev–Trinajstić information content (AvgIpc) is 2.33. The molecule has 0 aromatic heterocycles. The molecular formula is C12H15ClF3NO2. The maximum absolute atomic E-state index is 12.0. The fraction of sp³-hybridized carbons (Fsp3) is 0.500. The van der Waals surface area contributed by atoms with Gasteiger partial charge < -0.3 is 14.8 Å². The van der Waals surface area contributed by atoms with E-state index in [4.69, 9.17) is 16.3 Å². The smallest absolute Gasteiger partial charge is 0.411 e. The van der Waals surface area contributed by atoms with Crippen LogP contribution in [0, 0.1) is 0 Å². The standard InChI is InChI=1S/C12H15ClF3NO2/c1-17-10(6-19-7-12(14,15)16)8-3-4-11(18-2)9(13)5-8/h3-5,10,17H,6-7H2,1-2H3. The van der Waals surface area contributed by atoms with Crippen molar-refractivity contribution in [2.75, 3.05) is 27.4 Å². The van der Waals surface area contributed by atoms with E-state index in [1.54, 1.807) is 25.2 Å². The van der Waals surface area contributed by atoms with E-state index in [0.717, 1.165) is 5.56 Å². The lowest BCUT2D eigenvalue weighted by molar-refractivity contribution is -0.175. The summed E-state index contributed by atoms with van der Waals surface area (Å²) < 4.78 is 45.6. The highest BCUT2D eigenvalue weighted by Crippen LogP contribution is 2.28. The number of methoxy groups -OCH3 is 1. The summed E-state index contributed by atoms with van der Waals surface area (Å²) in [6.07, 6.45) is -4.32. The first-order chi connectivity index (χ1) is 8.87. The molecule has 1 N–H and O–H groups in total. The van der Waals surface area contributed by atoms with Crippen LogP contribution in [0.2, 0.25) is 5.02 Å². The Morgan fingerprint density at radius 1 is 1.37 bits per heavy atom. The van der Waals surface area contributed by atoms with E-state index in [1.807, 2.05) is 0 Å². The lowest BCUT2D eigenvalue weighted by Gasteiger charge is -2.18. The quantitative estimate of drug-likeness (QED) is 0.875. The number of ether oxygens (including phenoxy) is 2.